The van der Waals surface area contributed by atoms with Crippen LogP contribution in [0.1, 0.15) is 25.0 Å². The van der Waals surface area contributed by atoms with E-state index >= 15 is 0 Å². The number of nitrogens with zero attached hydrogens (tertiary/aromatic N) is 3. The molecule has 7 nitrogen and oxygen atoms in total. The van der Waals surface area contributed by atoms with Crippen LogP contribution in [-0.2, 0) is 4.79 Å². The van der Waals surface area contributed by atoms with Crippen molar-refractivity contribution in [2.24, 2.45) is 4.99 Å². The average Bonchev–Trinajstić information content (AvgIpc) is 2.93. The lowest BCUT2D eigenvalue weighted by atomic mass is 10.1. The molecule has 1 atom stereocenters. The van der Waals surface area contributed by atoms with Crippen LogP contribution in [0.15, 0.2) is 71.0 Å². The van der Waals surface area contributed by atoms with Crippen molar-refractivity contribution >= 4 is 24.0 Å². The molecule has 0 spiro atoms. The molecular formula is C25H31N5O2. The van der Waals surface area contributed by atoms with Gasteiger partial charge in [-0.25, -0.2) is 4.99 Å². The highest BCUT2D eigenvalue weighted by Crippen LogP contribution is 2.29. The van der Waals surface area contributed by atoms with Gasteiger partial charge in [0.15, 0.2) is 0 Å². The van der Waals surface area contributed by atoms with Crippen molar-refractivity contribution in [2.75, 3.05) is 38.6 Å². The summed E-state index contributed by atoms with van der Waals surface area (Å²) in [6, 6.07) is 17.7. The van der Waals surface area contributed by atoms with Gasteiger partial charge in [-0.3, -0.25) is 4.79 Å². The van der Waals surface area contributed by atoms with E-state index in [2.05, 4.69) is 22.4 Å². The van der Waals surface area contributed by atoms with Crippen LogP contribution >= 0.6 is 0 Å². The highest BCUT2D eigenvalue weighted by molar-refractivity contribution is 6.19. The smallest absolute Gasteiger partial charge is 0.263 e. The van der Waals surface area contributed by atoms with Gasteiger partial charge in [0.05, 0.1) is 5.57 Å². The zero-order valence-electron chi connectivity index (χ0n) is 18.9. The van der Waals surface area contributed by atoms with E-state index in [0.29, 0.717) is 24.7 Å². The quantitative estimate of drug-likeness (QED) is 0.592. The van der Waals surface area contributed by atoms with Crippen molar-refractivity contribution in [3.05, 3.63) is 71.6 Å². The number of ether oxygens (including phenoxy) is 1. The van der Waals surface area contributed by atoms with Gasteiger partial charge in [0.1, 0.15) is 17.7 Å². The monoisotopic (exact) mass is 433 g/mol. The Hall–Kier alpha value is -3.45. The first kappa shape index (κ1) is 23.2. The number of nitrogens with one attached hydrogen (secondary N) is 2. The Kier molecular flexibility index (Phi) is 8.16. The van der Waals surface area contributed by atoms with Crippen molar-refractivity contribution in [1.82, 2.24) is 10.2 Å². The second-order valence-corrected chi connectivity index (χ2v) is 7.55. The van der Waals surface area contributed by atoms with Gasteiger partial charge in [-0.05, 0) is 38.2 Å². The molecule has 1 aliphatic heterocycles. The predicted octanol–water partition coefficient (Wildman–Crippen LogP) is 3.65. The lowest BCUT2D eigenvalue weighted by Gasteiger charge is -2.24. The molecule has 0 bridgehead atoms. The molecule has 0 saturated carbocycles. The number of anilines is 1. The molecule has 0 aromatic heterocycles. The number of rotatable bonds is 9. The lowest BCUT2D eigenvalue weighted by Crippen LogP contribution is -2.34. The molecule has 0 saturated heterocycles. The van der Waals surface area contributed by atoms with Crippen LogP contribution in [0.4, 0.5) is 5.69 Å². The first-order valence-electron chi connectivity index (χ1n) is 10.8. The molecule has 168 valence electrons. The van der Waals surface area contributed by atoms with Crippen LogP contribution in [0.2, 0.25) is 0 Å². The van der Waals surface area contributed by atoms with Crippen molar-refractivity contribution < 1.29 is 9.53 Å². The second kappa shape index (κ2) is 11.2. The first-order chi connectivity index (χ1) is 15.6. The number of likely N-dealkylation sites (N-methyl/N-ethyl adjacent to an activating group) is 1. The molecule has 1 unspecified atom stereocenters. The van der Waals surface area contributed by atoms with E-state index in [1.54, 1.807) is 18.0 Å². The van der Waals surface area contributed by atoms with Crippen molar-refractivity contribution in [2.45, 2.75) is 19.4 Å². The molecule has 2 aromatic carbocycles. The summed E-state index contributed by atoms with van der Waals surface area (Å²) < 4.78 is 6.37. The van der Waals surface area contributed by atoms with E-state index in [-0.39, 0.29) is 17.6 Å². The Labute approximate surface area is 189 Å². The minimum atomic E-state index is -0.239. The summed E-state index contributed by atoms with van der Waals surface area (Å²) in [7, 11) is 3.81. The Morgan fingerprint density at radius 2 is 1.97 bits per heavy atom. The summed E-state index contributed by atoms with van der Waals surface area (Å²) in [5, 5.41) is 11.0. The van der Waals surface area contributed by atoms with Crippen LogP contribution in [0.3, 0.4) is 0 Å². The number of aliphatic imine (C=N–C) groups is 1. The molecule has 1 aliphatic rings. The van der Waals surface area contributed by atoms with Gasteiger partial charge in [-0.15, -0.1) is 0 Å². The summed E-state index contributed by atoms with van der Waals surface area (Å²) in [5.41, 5.74) is 2.12. The van der Waals surface area contributed by atoms with Gasteiger partial charge < -0.3 is 25.3 Å². The van der Waals surface area contributed by atoms with Crippen LogP contribution in [-0.4, -0.2) is 57.0 Å². The second-order valence-electron chi connectivity index (χ2n) is 7.55. The summed E-state index contributed by atoms with van der Waals surface area (Å²) in [5.74, 6) is 0.973. The topological polar surface area (TPSA) is 81.0 Å². The van der Waals surface area contributed by atoms with Gasteiger partial charge in [0.2, 0.25) is 0 Å². The highest BCUT2D eigenvalue weighted by Gasteiger charge is 2.27. The zero-order chi connectivity index (χ0) is 22.9. The number of carbonyl (C=O) groups excluding carboxylic acids is 1. The van der Waals surface area contributed by atoms with E-state index in [1.807, 2.05) is 61.5 Å². The largest absolute Gasteiger partial charge is 0.486 e. The third-order valence-corrected chi connectivity index (χ3v) is 5.37. The van der Waals surface area contributed by atoms with Gasteiger partial charge in [-0.2, -0.15) is 0 Å². The minimum absolute atomic E-state index is 0.104. The fourth-order valence-electron chi connectivity index (χ4n) is 3.69. The molecule has 32 heavy (non-hydrogen) atoms. The van der Waals surface area contributed by atoms with Crippen LogP contribution < -0.4 is 15.0 Å². The maximum absolute atomic E-state index is 13.3. The van der Waals surface area contributed by atoms with Crippen molar-refractivity contribution in [1.29, 1.82) is 5.41 Å². The molecular weight excluding hydrogens is 402 g/mol. The lowest BCUT2D eigenvalue weighted by molar-refractivity contribution is -0.114. The summed E-state index contributed by atoms with van der Waals surface area (Å²) in [6.07, 6.45) is 3.44. The predicted molar refractivity (Wildman–Crippen MR) is 130 cm³/mol. The van der Waals surface area contributed by atoms with Gasteiger partial charge >= 0.3 is 0 Å². The molecule has 0 fully saturated rings. The van der Waals surface area contributed by atoms with Crippen LogP contribution in [0.25, 0.3) is 0 Å². The third kappa shape index (κ3) is 5.42. The number of carbonyl (C=O) groups is 1. The maximum atomic E-state index is 13.3. The first-order valence-corrected chi connectivity index (χ1v) is 10.8. The Morgan fingerprint density at radius 1 is 1.19 bits per heavy atom. The number of hydrogen-bond acceptors (Lipinski definition) is 6. The van der Waals surface area contributed by atoms with Crippen molar-refractivity contribution in [3.8, 4) is 5.75 Å². The molecule has 1 amide bonds. The minimum Gasteiger partial charge on any atom is -0.486 e. The van der Waals surface area contributed by atoms with E-state index in [9.17, 15) is 4.79 Å². The van der Waals surface area contributed by atoms with E-state index in [0.717, 1.165) is 30.4 Å². The molecule has 7 heteroatoms. The summed E-state index contributed by atoms with van der Waals surface area (Å²) >= 11 is 0. The Bertz CT molecular complexity index is 987. The van der Waals surface area contributed by atoms with Crippen LogP contribution in [0.5, 0.6) is 5.75 Å². The Balaban J connectivity index is 1.89. The van der Waals surface area contributed by atoms with Gasteiger partial charge in [0, 0.05) is 50.7 Å². The fraction of sp³-hybridized carbons (Fsp3) is 0.320. The average molecular weight is 434 g/mol. The number of amides is 1. The van der Waals surface area contributed by atoms with Gasteiger partial charge in [-0.1, -0.05) is 36.4 Å². The fourth-order valence-corrected chi connectivity index (χ4v) is 3.69. The molecule has 0 aliphatic carbocycles. The molecule has 0 radical (unpaired) electrons. The molecule has 1 heterocycles. The SMILES string of the molecule is C/C=N/C1=C(C=N)C(=O)N(c2cccc(OC(CCNC)c3ccccc3)c2)CCN1C. The summed E-state index contributed by atoms with van der Waals surface area (Å²) in [4.78, 5) is 21.2. The van der Waals surface area contributed by atoms with E-state index in [4.69, 9.17) is 10.1 Å². The summed E-state index contributed by atoms with van der Waals surface area (Å²) in [6.45, 7) is 3.72. The van der Waals surface area contributed by atoms with E-state index in [1.165, 1.54) is 0 Å². The molecule has 2 N–H and O–H groups in total. The van der Waals surface area contributed by atoms with Crippen molar-refractivity contribution in [3.63, 3.8) is 0 Å². The van der Waals surface area contributed by atoms with Crippen LogP contribution in [0, 0.1) is 5.41 Å². The van der Waals surface area contributed by atoms with Gasteiger partial charge in [0.25, 0.3) is 5.91 Å². The number of benzene rings is 2. The third-order valence-electron chi connectivity index (χ3n) is 5.37. The maximum Gasteiger partial charge on any atom is 0.263 e. The molecule has 3 rings (SSSR count). The number of hydrogen-bond donors (Lipinski definition) is 2. The zero-order valence-corrected chi connectivity index (χ0v) is 18.9. The molecule has 2 aromatic rings. The Morgan fingerprint density at radius 3 is 2.66 bits per heavy atom. The normalized spacial score (nSPS) is 15.8. The van der Waals surface area contributed by atoms with E-state index < -0.39 is 0 Å². The standard InChI is InChI=1S/C25H31N5O2/c1-4-28-24-22(18-26)25(31)30(16-15-29(24)3)20-11-8-12-21(17-20)32-23(13-14-27-2)19-9-6-5-7-10-19/h4-12,17-18,23,26-27H,13-16H2,1-3H3/b26-18?,28-4+. The highest BCUT2D eigenvalue weighted by atomic mass is 16.5.